The van der Waals surface area contributed by atoms with Gasteiger partial charge in [0.2, 0.25) is 5.91 Å². The lowest BCUT2D eigenvalue weighted by atomic mass is 10.2. The summed E-state index contributed by atoms with van der Waals surface area (Å²) >= 11 is 0. The average Bonchev–Trinajstić information content (AvgIpc) is 2.68. The molecule has 0 saturated carbocycles. The predicted octanol–water partition coefficient (Wildman–Crippen LogP) is 0.901. The van der Waals surface area contributed by atoms with Crippen molar-refractivity contribution in [1.82, 2.24) is 24.7 Å². The van der Waals surface area contributed by atoms with Gasteiger partial charge in [-0.25, -0.2) is 33.1 Å². The van der Waals surface area contributed by atoms with E-state index in [0.717, 1.165) is 6.92 Å². The maximum Gasteiger partial charge on any atom is 0.278 e. The number of rotatable bonds is 5. The van der Waals surface area contributed by atoms with Gasteiger partial charge >= 0.3 is 0 Å². The topological polar surface area (TPSA) is 170 Å². The molecule has 0 radical (unpaired) electrons. The number of nitrogen functional groups attached to an aromatic ring is 1. The fourth-order valence-corrected chi connectivity index (χ4v) is 3.38. The van der Waals surface area contributed by atoms with Crippen molar-refractivity contribution < 1.29 is 18.0 Å². The third-order valence-electron chi connectivity index (χ3n) is 3.79. The first kappa shape index (κ1) is 20.8. The Morgan fingerprint density at radius 2 is 1.63 bits per heavy atom. The van der Waals surface area contributed by atoms with E-state index >= 15 is 0 Å². The maximum atomic E-state index is 12.6. The molecule has 4 N–H and O–H groups in total. The fourth-order valence-electron chi connectivity index (χ4n) is 2.39. The van der Waals surface area contributed by atoms with Crippen molar-refractivity contribution in [2.75, 3.05) is 11.1 Å². The van der Waals surface area contributed by atoms with Crippen LogP contribution in [0.15, 0.2) is 47.8 Å². The van der Waals surface area contributed by atoms with E-state index < -0.39 is 21.8 Å². The zero-order chi connectivity index (χ0) is 21.9. The molecule has 11 nitrogen and oxygen atoms in total. The number of nitrogens with zero attached hydrogens (tertiary/aromatic N) is 4. The van der Waals surface area contributed by atoms with Gasteiger partial charge in [-0.05, 0) is 31.2 Å². The second-order valence-electron chi connectivity index (χ2n) is 6.15. The Labute approximate surface area is 171 Å². The fraction of sp³-hybridized carbons (Fsp3) is 0.111. The zero-order valence-electron chi connectivity index (χ0n) is 15.9. The number of aromatic nitrogens is 4. The molecule has 0 aliphatic heterocycles. The van der Waals surface area contributed by atoms with Gasteiger partial charge in [-0.1, -0.05) is 0 Å². The first-order valence-electron chi connectivity index (χ1n) is 8.52. The summed E-state index contributed by atoms with van der Waals surface area (Å²) in [6.07, 6.45) is 4.51. The van der Waals surface area contributed by atoms with Crippen LogP contribution in [0.1, 0.15) is 23.2 Å². The summed E-state index contributed by atoms with van der Waals surface area (Å²) in [5, 5.41) is 2.57. The molecule has 0 aliphatic rings. The summed E-state index contributed by atoms with van der Waals surface area (Å²) in [6.45, 7) is 2.83. The highest BCUT2D eigenvalue weighted by molar-refractivity contribution is 7.90. The molecule has 2 amide bonds. The number of anilines is 2. The van der Waals surface area contributed by atoms with E-state index in [2.05, 4.69) is 25.3 Å². The second kappa shape index (κ2) is 8.21. The monoisotopic (exact) mass is 427 g/mol. The van der Waals surface area contributed by atoms with Crippen LogP contribution in [0, 0.1) is 6.92 Å². The van der Waals surface area contributed by atoms with Crippen LogP contribution in [0.5, 0.6) is 0 Å². The SMILES string of the molecule is CC(=O)NS(=O)(=O)c1ccc(NC(=O)c2nc(-c3cnc(C)nc3)cnc2N)cc1. The first-order valence-corrected chi connectivity index (χ1v) is 10.0. The van der Waals surface area contributed by atoms with Crippen molar-refractivity contribution >= 4 is 33.3 Å². The van der Waals surface area contributed by atoms with E-state index in [9.17, 15) is 18.0 Å². The number of nitrogens with one attached hydrogen (secondary N) is 2. The van der Waals surface area contributed by atoms with Crippen LogP contribution in [0.25, 0.3) is 11.3 Å². The van der Waals surface area contributed by atoms with Crippen molar-refractivity contribution in [2.24, 2.45) is 0 Å². The smallest absolute Gasteiger partial charge is 0.278 e. The minimum Gasteiger partial charge on any atom is -0.382 e. The third kappa shape index (κ3) is 4.72. The summed E-state index contributed by atoms with van der Waals surface area (Å²) in [4.78, 5) is 39.9. The summed E-state index contributed by atoms with van der Waals surface area (Å²) < 4.78 is 25.8. The van der Waals surface area contributed by atoms with E-state index in [4.69, 9.17) is 5.73 Å². The molecule has 3 rings (SSSR count). The predicted molar refractivity (Wildman–Crippen MR) is 108 cm³/mol. The molecule has 0 spiro atoms. The van der Waals surface area contributed by atoms with E-state index in [-0.39, 0.29) is 16.4 Å². The number of carbonyl (C=O) groups is 2. The van der Waals surface area contributed by atoms with Crippen molar-refractivity contribution in [3.63, 3.8) is 0 Å². The second-order valence-corrected chi connectivity index (χ2v) is 7.83. The van der Waals surface area contributed by atoms with Crippen LogP contribution in [0.2, 0.25) is 0 Å². The molecule has 3 aromatic rings. The Hall–Kier alpha value is -3.93. The summed E-state index contributed by atoms with van der Waals surface area (Å²) in [7, 11) is -3.97. The molecule has 0 fully saturated rings. The van der Waals surface area contributed by atoms with Gasteiger partial charge in [0.25, 0.3) is 15.9 Å². The van der Waals surface area contributed by atoms with Gasteiger partial charge < -0.3 is 11.1 Å². The van der Waals surface area contributed by atoms with E-state index in [1.807, 2.05) is 4.72 Å². The highest BCUT2D eigenvalue weighted by Crippen LogP contribution is 2.19. The molecule has 0 unspecified atom stereocenters. The zero-order valence-corrected chi connectivity index (χ0v) is 16.8. The van der Waals surface area contributed by atoms with Crippen LogP contribution in [0.4, 0.5) is 11.5 Å². The Bertz CT molecular complexity index is 1210. The number of sulfonamides is 1. The van der Waals surface area contributed by atoms with Gasteiger partial charge in [0.1, 0.15) is 5.82 Å². The van der Waals surface area contributed by atoms with E-state index in [1.54, 1.807) is 19.3 Å². The van der Waals surface area contributed by atoms with Crippen molar-refractivity contribution in [1.29, 1.82) is 0 Å². The standard InChI is InChI=1S/C18H17N7O4S/c1-10-20-7-12(8-21-10)15-9-22-17(19)16(24-15)18(27)23-13-3-5-14(6-4-13)30(28,29)25-11(2)26/h3-9H,1-2H3,(H2,19,22)(H,23,27)(H,25,26). The number of aryl methyl sites for hydroxylation is 1. The molecule has 1 aromatic carbocycles. The number of nitrogens with two attached hydrogens (primary N) is 1. The summed E-state index contributed by atoms with van der Waals surface area (Å²) in [6, 6.07) is 5.23. The number of hydrogen-bond acceptors (Lipinski definition) is 9. The summed E-state index contributed by atoms with van der Waals surface area (Å²) in [5.41, 5.74) is 6.91. The molecular weight excluding hydrogens is 410 g/mol. The Morgan fingerprint density at radius 3 is 2.23 bits per heavy atom. The van der Waals surface area contributed by atoms with Gasteiger partial charge in [0, 0.05) is 30.6 Å². The molecule has 12 heteroatoms. The number of hydrogen-bond donors (Lipinski definition) is 3. The van der Waals surface area contributed by atoms with Gasteiger partial charge in [0.05, 0.1) is 16.8 Å². The highest BCUT2D eigenvalue weighted by atomic mass is 32.2. The molecular formula is C18H17N7O4S. The number of amides is 2. The minimum atomic E-state index is -3.97. The lowest BCUT2D eigenvalue weighted by Gasteiger charge is -2.09. The van der Waals surface area contributed by atoms with E-state index in [0.29, 0.717) is 22.8 Å². The molecule has 0 aliphatic carbocycles. The summed E-state index contributed by atoms with van der Waals surface area (Å²) in [5.74, 6) is -0.828. The van der Waals surface area contributed by atoms with E-state index in [1.165, 1.54) is 30.5 Å². The Balaban J connectivity index is 1.81. The first-order chi connectivity index (χ1) is 14.2. The van der Waals surface area contributed by atoms with Crippen molar-refractivity contribution in [3.8, 4) is 11.3 Å². The lowest BCUT2D eigenvalue weighted by molar-refractivity contribution is -0.117. The lowest BCUT2D eigenvalue weighted by Crippen LogP contribution is -2.28. The van der Waals surface area contributed by atoms with Gasteiger partial charge in [-0.3, -0.25) is 9.59 Å². The van der Waals surface area contributed by atoms with Gasteiger partial charge in [-0.15, -0.1) is 0 Å². The molecule has 0 atom stereocenters. The average molecular weight is 427 g/mol. The Morgan fingerprint density at radius 1 is 1.00 bits per heavy atom. The largest absolute Gasteiger partial charge is 0.382 e. The van der Waals surface area contributed by atoms with Crippen LogP contribution >= 0.6 is 0 Å². The van der Waals surface area contributed by atoms with Crippen LogP contribution < -0.4 is 15.8 Å². The third-order valence-corrected chi connectivity index (χ3v) is 5.24. The molecule has 2 heterocycles. The molecule has 2 aromatic heterocycles. The molecule has 0 saturated heterocycles. The minimum absolute atomic E-state index is 0.0749. The molecule has 0 bridgehead atoms. The quantitative estimate of drug-likeness (QED) is 0.535. The maximum absolute atomic E-state index is 12.6. The van der Waals surface area contributed by atoms with Gasteiger partial charge in [-0.2, -0.15) is 0 Å². The van der Waals surface area contributed by atoms with Crippen LogP contribution in [-0.2, 0) is 14.8 Å². The number of benzene rings is 1. The number of carbonyl (C=O) groups excluding carboxylic acids is 2. The van der Waals surface area contributed by atoms with Crippen molar-refractivity contribution in [2.45, 2.75) is 18.7 Å². The highest BCUT2D eigenvalue weighted by Gasteiger charge is 2.17. The van der Waals surface area contributed by atoms with Crippen molar-refractivity contribution in [3.05, 3.63) is 54.4 Å². The van der Waals surface area contributed by atoms with Gasteiger partial charge in [0.15, 0.2) is 11.5 Å². The normalized spacial score (nSPS) is 11.0. The van der Waals surface area contributed by atoms with Crippen LogP contribution in [-0.4, -0.2) is 40.2 Å². The molecule has 30 heavy (non-hydrogen) atoms. The Kier molecular flexibility index (Phi) is 5.69. The van der Waals surface area contributed by atoms with Crippen LogP contribution in [0.3, 0.4) is 0 Å². The molecule has 154 valence electrons.